The Balaban J connectivity index is 2.12. The predicted octanol–water partition coefficient (Wildman–Crippen LogP) is 3.92. The predicted molar refractivity (Wildman–Crippen MR) is 122 cm³/mol. The van der Waals surface area contributed by atoms with E-state index in [0.717, 1.165) is 18.4 Å². The summed E-state index contributed by atoms with van der Waals surface area (Å²) in [6.45, 7) is 7.19. The topological polar surface area (TPSA) is 71.5 Å². The summed E-state index contributed by atoms with van der Waals surface area (Å²) in [4.78, 5) is 28.7. The molecule has 1 heterocycles. The van der Waals surface area contributed by atoms with Gasteiger partial charge >= 0.3 is 0 Å². The van der Waals surface area contributed by atoms with Gasteiger partial charge < -0.3 is 0 Å². The van der Waals surface area contributed by atoms with E-state index in [0.29, 0.717) is 6.42 Å². The number of carbonyl (C=O) groups excluding carboxylic acids is 2. The molecule has 4 unspecified atom stereocenters. The van der Waals surface area contributed by atoms with Gasteiger partial charge in [0.1, 0.15) is 10.5 Å². The Morgan fingerprint density at radius 3 is 2.52 bits per heavy atom. The van der Waals surface area contributed by atoms with Crippen molar-refractivity contribution in [2.75, 3.05) is 7.05 Å². The van der Waals surface area contributed by atoms with Gasteiger partial charge in [0.15, 0.2) is 15.6 Å². The number of rotatable bonds is 5. The van der Waals surface area contributed by atoms with E-state index >= 15 is 0 Å². The largest absolute Gasteiger partial charge is 0.299 e. The lowest BCUT2D eigenvalue weighted by Crippen LogP contribution is -2.51. The molecular weight excluding hydrogens is 410 g/mol. The van der Waals surface area contributed by atoms with Gasteiger partial charge in [0, 0.05) is 18.4 Å². The summed E-state index contributed by atoms with van der Waals surface area (Å²) in [6, 6.07) is 7.18. The van der Waals surface area contributed by atoms with E-state index in [1.165, 1.54) is 19.1 Å². The Labute approximate surface area is 185 Å². The highest BCUT2D eigenvalue weighted by molar-refractivity contribution is 7.93. The molecule has 2 fully saturated rings. The van der Waals surface area contributed by atoms with Crippen LogP contribution < -0.4 is 0 Å². The van der Waals surface area contributed by atoms with E-state index < -0.39 is 26.5 Å². The van der Waals surface area contributed by atoms with Crippen molar-refractivity contribution < 1.29 is 18.0 Å². The van der Waals surface area contributed by atoms with Gasteiger partial charge in [-0.3, -0.25) is 14.5 Å². The van der Waals surface area contributed by atoms with Crippen LogP contribution in [0.25, 0.3) is 0 Å². The van der Waals surface area contributed by atoms with Crippen LogP contribution in [0.5, 0.6) is 0 Å². The van der Waals surface area contributed by atoms with Crippen molar-refractivity contribution in [1.29, 1.82) is 0 Å². The molecule has 0 amide bonds. The maximum absolute atomic E-state index is 13.9. The lowest BCUT2D eigenvalue weighted by molar-refractivity contribution is -0.127. The van der Waals surface area contributed by atoms with Crippen molar-refractivity contribution in [1.82, 2.24) is 4.90 Å². The number of hydrogen-bond acceptors (Lipinski definition) is 5. The Kier molecular flexibility index (Phi) is 6.82. The summed E-state index contributed by atoms with van der Waals surface area (Å²) in [6.07, 6.45) is 9.09. The van der Waals surface area contributed by atoms with Crippen LogP contribution in [0.3, 0.4) is 0 Å². The number of Topliss-reactive ketones (excluding diaryl/α,β-unsaturated/α-hetero) is 2. The highest BCUT2D eigenvalue weighted by Crippen LogP contribution is 2.42. The maximum Gasteiger partial charge on any atom is 0.190 e. The summed E-state index contributed by atoms with van der Waals surface area (Å²) in [7, 11) is -2.18. The maximum atomic E-state index is 13.9. The SMILES string of the molecule is C=C(C)/C=C\C=C/C1C(=O)C(C)(S(=O)(=O)c2ccccc2)CC2C(=O)CCCC2N1C. The van der Waals surface area contributed by atoms with E-state index in [4.69, 9.17) is 0 Å². The second kappa shape index (κ2) is 9.05. The highest BCUT2D eigenvalue weighted by Gasteiger charge is 2.56. The van der Waals surface area contributed by atoms with Crippen LogP contribution in [0.2, 0.25) is 0 Å². The number of fused-ring (bicyclic) bond motifs is 1. The zero-order valence-corrected chi connectivity index (χ0v) is 19.3. The fourth-order valence-electron chi connectivity index (χ4n) is 4.76. The first kappa shape index (κ1) is 23.4. The summed E-state index contributed by atoms with van der Waals surface area (Å²) in [5, 5.41) is 0. The number of likely N-dealkylation sites (tertiary alicyclic amines) is 1. The minimum absolute atomic E-state index is 0.0167. The molecule has 31 heavy (non-hydrogen) atoms. The average molecular weight is 442 g/mol. The van der Waals surface area contributed by atoms with Crippen LogP contribution in [-0.2, 0) is 19.4 Å². The quantitative estimate of drug-likeness (QED) is 0.648. The number of carbonyl (C=O) groups is 2. The molecule has 1 aliphatic carbocycles. The van der Waals surface area contributed by atoms with Gasteiger partial charge in [-0.05, 0) is 52.3 Å². The van der Waals surface area contributed by atoms with Crippen LogP contribution >= 0.6 is 0 Å². The molecule has 1 saturated heterocycles. The van der Waals surface area contributed by atoms with Gasteiger partial charge in [0.25, 0.3) is 0 Å². The molecule has 1 aromatic rings. The standard InChI is InChI=1S/C25H31NO4S/c1-18(2)11-8-9-14-22-24(28)25(3,31(29,30)19-12-6-5-7-13-19)17-20-21(26(22)4)15-10-16-23(20)27/h5-9,11-14,20-22H,1,10,15-17H2,2-4H3/b11-8-,14-9-. The summed E-state index contributed by atoms with van der Waals surface area (Å²) in [5.41, 5.74) is 0.875. The first-order valence-electron chi connectivity index (χ1n) is 10.7. The number of benzene rings is 1. The molecule has 3 rings (SSSR count). The molecule has 1 aliphatic heterocycles. The van der Waals surface area contributed by atoms with Crippen molar-refractivity contribution in [3.8, 4) is 0 Å². The number of hydrogen-bond donors (Lipinski definition) is 0. The molecule has 4 atom stereocenters. The van der Waals surface area contributed by atoms with Crippen molar-refractivity contribution in [3.63, 3.8) is 0 Å². The summed E-state index contributed by atoms with van der Waals surface area (Å²) in [5.74, 6) is -0.811. The van der Waals surface area contributed by atoms with Gasteiger partial charge in [0.2, 0.25) is 0 Å². The molecule has 166 valence electrons. The van der Waals surface area contributed by atoms with E-state index in [1.807, 2.05) is 24.9 Å². The third-order valence-corrected chi connectivity index (χ3v) is 9.04. The molecule has 1 aromatic carbocycles. The summed E-state index contributed by atoms with van der Waals surface area (Å²) >= 11 is 0. The molecule has 2 aliphatic rings. The monoisotopic (exact) mass is 441 g/mol. The Morgan fingerprint density at radius 2 is 1.87 bits per heavy atom. The second-order valence-electron chi connectivity index (χ2n) is 8.85. The second-order valence-corrected chi connectivity index (χ2v) is 11.2. The fourth-order valence-corrected chi connectivity index (χ4v) is 6.58. The Morgan fingerprint density at radius 1 is 1.19 bits per heavy atom. The molecule has 5 nitrogen and oxygen atoms in total. The van der Waals surface area contributed by atoms with Crippen molar-refractivity contribution >= 4 is 21.4 Å². The smallest absolute Gasteiger partial charge is 0.190 e. The van der Waals surface area contributed by atoms with E-state index in [1.54, 1.807) is 36.4 Å². The highest BCUT2D eigenvalue weighted by atomic mass is 32.2. The minimum atomic E-state index is -4.00. The fraction of sp³-hybridized carbons (Fsp3) is 0.440. The van der Waals surface area contributed by atoms with Gasteiger partial charge in [0.05, 0.1) is 10.9 Å². The Hall–Kier alpha value is -2.31. The van der Waals surface area contributed by atoms with Gasteiger partial charge in [-0.25, -0.2) is 8.42 Å². The molecular formula is C25H31NO4S. The Bertz CT molecular complexity index is 1020. The third kappa shape index (κ3) is 4.37. The van der Waals surface area contributed by atoms with Crippen molar-refractivity contribution in [3.05, 3.63) is 66.8 Å². The summed E-state index contributed by atoms with van der Waals surface area (Å²) < 4.78 is 25.8. The first-order valence-corrected chi connectivity index (χ1v) is 12.2. The molecule has 1 saturated carbocycles. The lowest BCUT2D eigenvalue weighted by Gasteiger charge is -2.37. The minimum Gasteiger partial charge on any atom is -0.299 e. The molecule has 0 bridgehead atoms. The zero-order chi connectivity index (χ0) is 22.8. The molecule has 0 spiro atoms. The molecule has 0 radical (unpaired) electrons. The van der Waals surface area contributed by atoms with Crippen LogP contribution in [-0.4, -0.2) is 48.8 Å². The normalized spacial score (nSPS) is 30.5. The van der Waals surface area contributed by atoms with Gasteiger partial charge in [-0.15, -0.1) is 0 Å². The molecule has 0 aromatic heterocycles. The third-order valence-electron chi connectivity index (χ3n) is 6.59. The first-order chi connectivity index (χ1) is 14.6. The van der Waals surface area contributed by atoms with Gasteiger partial charge in [-0.1, -0.05) is 54.7 Å². The van der Waals surface area contributed by atoms with E-state index in [2.05, 4.69) is 6.58 Å². The lowest BCUT2D eigenvalue weighted by atomic mass is 9.78. The number of likely N-dealkylation sites (N-methyl/N-ethyl adjacent to an activating group) is 1. The van der Waals surface area contributed by atoms with Crippen LogP contribution in [0.4, 0.5) is 0 Å². The van der Waals surface area contributed by atoms with Crippen LogP contribution in [0, 0.1) is 5.92 Å². The average Bonchev–Trinajstić information content (AvgIpc) is 2.82. The number of allylic oxidation sites excluding steroid dienone is 4. The molecule has 6 heteroatoms. The van der Waals surface area contributed by atoms with E-state index in [9.17, 15) is 18.0 Å². The van der Waals surface area contributed by atoms with E-state index in [-0.39, 0.29) is 28.9 Å². The van der Waals surface area contributed by atoms with Gasteiger partial charge in [-0.2, -0.15) is 0 Å². The number of ketones is 2. The number of nitrogens with zero attached hydrogens (tertiary/aromatic N) is 1. The van der Waals surface area contributed by atoms with Crippen LogP contribution in [0.1, 0.15) is 39.5 Å². The van der Waals surface area contributed by atoms with Crippen molar-refractivity contribution in [2.45, 2.75) is 61.3 Å². The number of sulfone groups is 1. The molecule has 0 N–H and O–H groups in total. The van der Waals surface area contributed by atoms with Crippen molar-refractivity contribution in [2.24, 2.45) is 5.92 Å². The zero-order valence-electron chi connectivity index (χ0n) is 18.5. The van der Waals surface area contributed by atoms with Crippen LogP contribution in [0.15, 0.2) is 71.7 Å².